The Morgan fingerprint density at radius 3 is 2.42 bits per heavy atom. The van der Waals surface area contributed by atoms with Crippen LogP contribution in [-0.4, -0.2) is 62.5 Å². The van der Waals surface area contributed by atoms with Crippen LogP contribution in [-0.2, 0) is 14.6 Å². The zero-order valence-corrected chi connectivity index (χ0v) is 16.5. The molecule has 2 saturated heterocycles. The molecule has 1 aromatic carbocycles. The molecule has 2 aliphatic heterocycles. The highest BCUT2D eigenvalue weighted by Gasteiger charge is 2.49. The maximum Gasteiger partial charge on any atom is 0.241 e. The van der Waals surface area contributed by atoms with Gasteiger partial charge >= 0.3 is 0 Å². The number of carbonyl (C=O) groups excluding carboxylic acids is 1. The normalized spacial score (nSPS) is 25.5. The van der Waals surface area contributed by atoms with Gasteiger partial charge in [0.05, 0.1) is 30.7 Å². The van der Waals surface area contributed by atoms with E-state index in [1.807, 2.05) is 31.2 Å². The summed E-state index contributed by atoms with van der Waals surface area (Å²) in [7, 11) is -3.14. The predicted octanol–water partition coefficient (Wildman–Crippen LogP) is 1.95. The molecule has 0 aliphatic carbocycles. The van der Waals surface area contributed by atoms with Gasteiger partial charge in [0.15, 0.2) is 9.84 Å². The van der Waals surface area contributed by atoms with Crippen molar-refractivity contribution in [1.29, 1.82) is 0 Å². The number of benzene rings is 1. The summed E-state index contributed by atoms with van der Waals surface area (Å²) in [5.41, 5.74) is 0.745. The molecule has 2 unspecified atom stereocenters. The van der Waals surface area contributed by atoms with Crippen LogP contribution in [0.3, 0.4) is 0 Å². The molecule has 0 radical (unpaired) electrons. The van der Waals surface area contributed by atoms with E-state index in [0.717, 1.165) is 24.4 Å². The molecule has 2 atom stereocenters. The van der Waals surface area contributed by atoms with Crippen molar-refractivity contribution in [1.82, 2.24) is 4.90 Å². The van der Waals surface area contributed by atoms with Crippen molar-refractivity contribution in [2.24, 2.45) is 5.92 Å². The van der Waals surface area contributed by atoms with Gasteiger partial charge in [-0.1, -0.05) is 13.8 Å². The van der Waals surface area contributed by atoms with E-state index in [0.29, 0.717) is 12.5 Å². The molecule has 0 saturated carbocycles. The van der Waals surface area contributed by atoms with E-state index >= 15 is 0 Å². The molecular weight excluding hydrogens is 352 g/mol. The molecule has 0 N–H and O–H groups in total. The smallest absolute Gasteiger partial charge is 0.241 e. The Hall–Kier alpha value is -1.60. The summed E-state index contributed by atoms with van der Waals surface area (Å²) >= 11 is 0. The van der Waals surface area contributed by atoms with Crippen molar-refractivity contribution in [2.45, 2.75) is 39.3 Å². The number of ether oxygens (including phenoxy) is 1. The lowest BCUT2D eigenvalue weighted by Gasteiger charge is -2.43. The minimum atomic E-state index is -3.14. The summed E-state index contributed by atoms with van der Waals surface area (Å²) < 4.78 is 30.1. The van der Waals surface area contributed by atoms with Crippen LogP contribution in [0, 0.1) is 5.92 Å². The van der Waals surface area contributed by atoms with Gasteiger partial charge < -0.3 is 9.64 Å². The highest BCUT2D eigenvalue weighted by molar-refractivity contribution is 7.91. The Morgan fingerprint density at radius 2 is 1.81 bits per heavy atom. The Labute approximate surface area is 156 Å². The van der Waals surface area contributed by atoms with Crippen molar-refractivity contribution >= 4 is 21.4 Å². The second-order valence-corrected chi connectivity index (χ2v) is 9.71. The first kappa shape index (κ1) is 19.2. The minimum Gasteiger partial charge on any atom is -0.494 e. The SMILES string of the molecule is CCOc1ccc(N2C(=O)CN(CCC(C)C)C3CS(=O)(=O)CC32)cc1. The molecule has 0 bridgehead atoms. The van der Waals surface area contributed by atoms with Crippen LogP contribution in [0.1, 0.15) is 27.2 Å². The van der Waals surface area contributed by atoms with Crippen LogP contribution >= 0.6 is 0 Å². The number of anilines is 1. The molecule has 6 nitrogen and oxygen atoms in total. The van der Waals surface area contributed by atoms with E-state index in [2.05, 4.69) is 18.7 Å². The Bertz CT molecular complexity index is 745. The second-order valence-electron chi connectivity index (χ2n) is 7.56. The second kappa shape index (κ2) is 7.56. The molecule has 2 fully saturated rings. The molecular formula is C19H28N2O4S. The van der Waals surface area contributed by atoms with Gasteiger partial charge in [-0.2, -0.15) is 0 Å². The monoisotopic (exact) mass is 380 g/mol. The fraction of sp³-hybridized carbons (Fsp3) is 0.632. The predicted molar refractivity (Wildman–Crippen MR) is 102 cm³/mol. The van der Waals surface area contributed by atoms with Crippen LogP contribution < -0.4 is 9.64 Å². The van der Waals surface area contributed by atoms with Crippen molar-refractivity contribution in [2.75, 3.05) is 36.1 Å². The van der Waals surface area contributed by atoms with Crippen molar-refractivity contribution in [3.05, 3.63) is 24.3 Å². The number of rotatable bonds is 6. The number of hydrogen-bond donors (Lipinski definition) is 0. The van der Waals surface area contributed by atoms with Crippen molar-refractivity contribution < 1.29 is 17.9 Å². The molecule has 0 aromatic heterocycles. The van der Waals surface area contributed by atoms with Gasteiger partial charge in [-0.05, 0) is 50.1 Å². The first-order valence-electron chi connectivity index (χ1n) is 9.30. The highest BCUT2D eigenvalue weighted by Crippen LogP contribution is 2.32. The van der Waals surface area contributed by atoms with Gasteiger partial charge in [0.1, 0.15) is 5.75 Å². The molecule has 2 heterocycles. The zero-order chi connectivity index (χ0) is 18.9. The molecule has 26 heavy (non-hydrogen) atoms. The van der Waals surface area contributed by atoms with E-state index in [1.165, 1.54) is 0 Å². The van der Waals surface area contributed by atoms with E-state index < -0.39 is 9.84 Å². The maximum absolute atomic E-state index is 12.9. The van der Waals surface area contributed by atoms with E-state index in [1.54, 1.807) is 4.90 Å². The largest absolute Gasteiger partial charge is 0.494 e. The number of fused-ring (bicyclic) bond motifs is 1. The highest BCUT2D eigenvalue weighted by atomic mass is 32.2. The summed E-state index contributed by atoms with van der Waals surface area (Å²) in [6.07, 6.45) is 0.958. The van der Waals surface area contributed by atoms with Crippen LogP contribution in [0.4, 0.5) is 5.69 Å². The van der Waals surface area contributed by atoms with Crippen LogP contribution in [0.2, 0.25) is 0 Å². The number of hydrogen-bond acceptors (Lipinski definition) is 5. The number of carbonyl (C=O) groups is 1. The molecule has 1 amide bonds. The lowest BCUT2D eigenvalue weighted by molar-refractivity contribution is -0.123. The van der Waals surface area contributed by atoms with Gasteiger partial charge in [-0.15, -0.1) is 0 Å². The summed E-state index contributed by atoms with van der Waals surface area (Å²) in [6, 6.07) is 6.91. The van der Waals surface area contributed by atoms with Gasteiger partial charge in [0.25, 0.3) is 0 Å². The quantitative estimate of drug-likeness (QED) is 0.755. The molecule has 3 rings (SSSR count). The minimum absolute atomic E-state index is 0.0312. The van der Waals surface area contributed by atoms with E-state index in [9.17, 15) is 13.2 Å². The molecule has 0 spiro atoms. The van der Waals surface area contributed by atoms with Gasteiger partial charge in [0, 0.05) is 11.7 Å². The van der Waals surface area contributed by atoms with Gasteiger partial charge in [-0.3, -0.25) is 9.69 Å². The number of nitrogens with zero attached hydrogens (tertiary/aromatic N) is 2. The van der Waals surface area contributed by atoms with Crippen LogP contribution in [0.5, 0.6) is 5.75 Å². The Morgan fingerprint density at radius 1 is 1.15 bits per heavy atom. The molecule has 144 valence electrons. The number of piperazine rings is 1. The third-order valence-electron chi connectivity index (χ3n) is 5.12. The van der Waals surface area contributed by atoms with E-state index in [-0.39, 0.29) is 36.0 Å². The summed E-state index contributed by atoms with van der Waals surface area (Å²) in [6.45, 7) is 7.81. The summed E-state index contributed by atoms with van der Waals surface area (Å²) in [5.74, 6) is 1.41. The number of sulfone groups is 1. The third kappa shape index (κ3) is 4.04. The average molecular weight is 381 g/mol. The lowest BCUT2D eigenvalue weighted by Crippen LogP contribution is -2.62. The first-order valence-corrected chi connectivity index (χ1v) is 11.1. The summed E-state index contributed by atoms with van der Waals surface area (Å²) in [5, 5.41) is 0. The van der Waals surface area contributed by atoms with Crippen LogP contribution in [0.25, 0.3) is 0 Å². The van der Waals surface area contributed by atoms with Crippen molar-refractivity contribution in [3.63, 3.8) is 0 Å². The molecule has 2 aliphatic rings. The lowest BCUT2D eigenvalue weighted by atomic mass is 10.0. The average Bonchev–Trinajstić information content (AvgIpc) is 2.89. The maximum atomic E-state index is 12.9. The topological polar surface area (TPSA) is 66.9 Å². The molecule has 7 heteroatoms. The zero-order valence-electron chi connectivity index (χ0n) is 15.7. The van der Waals surface area contributed by atoms with E-state index in [4.69, 9.17) is 4.74 Å². The standard InChI is InChI=1S/C19H28N2O4S/c1-4-25-16-7-5-15(6-8-16)21-18-13-26(23,24)12-17(18)20(11-19(21)22)10-9-14(2)3/h5-8,14,17-18H,4,9-13H2,1-3H3. The first-order chi connectivity index (χ1) is 12.3. The number of amides is 1. The third-order valence-corrected chi connectivity index (χ3v) is 6.82. The molecule has 1 aromatic rings. The van der Waals surface area contributed by atoms with Gasteiger partial charge in [0.2, 0.25) is 5.91 Å². The fourth-order valence-electron chi connectivity index (χ4n) is 3.83. The van der Waals surface area contributed by atoms with Crippen LogP contribution in [0.15, 0.2) is 24.3 Å². The Balaban J connectivity index is 1.86. The fourth-order valence-corrected chi connectivity index (χ4v) is 5.81. The van der Waals surface area contributed by atoms with Crippen molar-refractivity contribution in [3.8, 4) is 5.75 Å². The van der Waals surface area contributed by atoms with Gasteiger partial charge in [-0.25, -0.2) is 8.42 Å². The summed E-state index contributed by atoms with van der Waals surface area (Å²) in [4.78, 5) is 16.6. The Kier molecular flexibility index (Phi) is 5.58.